The molecule has 1 heterocycles. The third-order valence-electron chi connectivity index (χ3n) is 3.34. The van der Waals surface area contributed by atoms with Crippen molar-refractivity contribution >= 4 is 23.4 Å². The van der Waals surface area contributed by atoms with Crippen LogP contribution in [-0.4, -0.2) is 21.1 Å². The van der Waals surface area contributed by atoms with Crippen LogP contribution in [0.1, 0.15) is 30.2 Å². The number of aryl methyl sites for hydroxylation is 3. The summed E-state index contributed by atoms with van der Waals surface area (Å²) in [5, 5.41) is 3.68. The molecule has 22 heavy (non-hydrogen) atoms. The lowest BCUT2D eigenvalue weighted by atomic mass is 10.1. The molecule has 1 unspecified atom stereocenters. The molecule has 0 saturated carbocycles. The van der Waals surface area contributed by atoms with Crippen molar-refractivity contribution in [3.8, 4) is 0 Å². The van der Waals surface area contributed by atoms with Crippen molar-refractivity contribution in [2.75, 3.05) is 5.32 Å². The third kappa shape index (κ3) is 4.31. The summed E-state index contributed by atoms with van der Waals surface area (Å²) >= 11 is 1.48. The van der Waals surface area contributed by atoms with E-state index in [0.717, 1.165) is 28.4 Å². The highest BCUT2D eigenvalue weighted by atomic mass is 32.2. The van der Waals surface area contributed by atoms with E-state index in [0.29, 0.717) is 0 Å². The minimum Gasteiger partial charge on any atom is -0.325 e. The first-order chi connectivity index (χ1) is 10.5. The maximum Gasteiger partial charge on any atom is 0.237 e. The number of aromatic nitrogens is 2. The van der Waals surface area contributed by atoms with E-state index in [-0.39, 0.29) is 11.2 Å². The number of hydrogen-bond acceptors (Lipinski definition) is 4. The Bertz CT molecular complexity index is 673. The van der Waals surface area contributed by atoms with Gasteiger partial charge in [0.25, 0.3) is 0 Å². The zero-order valence-electron chi connectivity index (χ0n) is 13.4. The summed E-state index contributed by atoms with van der Waals surface area (Å²) in [6.07, 6.45) is 2.27. The highest BCUT2D eigenvalue weighted by molar-refractivity contribution is 8.00. The maximum atomic E-state index is 12.5. The molecule has 116 valence electrons. The Morgan fingerprint density at radius 1 is 1.23 bits per heavy atom. The van der Waals surface area contributed by atoms with Gasteiger partial charge in [-0.15, -0.1) is 0 Å². The first-order valence-corrected chi connectivity index (χ1v) is 8.21. The Morgan fingerprint density at radius 3 is 2.64 bits per heavy atom. The van der Waals surface area contributed by atoms with E-state index in [2.05, 4.69) is 21.4 Å². The predicted molar refractivity (Wildman–Crippen MR) is 91.3 cm³/mol. The fourth-order valence-corrected chi connectivity index (χ4v) is 3.10. The van der Waals surface area contributed by atoms with E-state index in [1.165, 1.54) is 23.7 Å². The Morgan fingerprint density at radius 2 is 2.00 bits per heavy atom. The zero-order chi connectivity index (χ0) is 16.1. The van der Waals surface area contributed by atoms with Crippen LogP contribution in [0.4, 0.5) is 5.69 Å². The monoisotopic (exact) mass is 315 g/mol. The molecule has 0 aliphatic rings. The summed E-state index contributed by atoms with van der Waals surface area (Å²) < 4.78 is 0. The Kier molecular flexibility index (Phi) is 5.55. The second-order valence-corrected chi connectivity index (χ2v) is 6.54. The SMILES string of the molecule is CCC(Sc1cc(C)ncn1)C(=O)Nc1ccc(C)cc1C. The molecule has 0 radical (unpaired) electrons. The molecule has 2 rings (SSSR count). The van der Waals surface area contributed by atoms with Crippen molar-refractivity contribution in [1.29, 1.82) is 0 Å². The largest absolute Gasteiger partial charge is 0.325 e. The van der Waals surface area contributed by atoms with E-state index in [1.807, 2.05) is 45.9 Å². The number of carbonyl (C=O) groups excluding carboxylic acids is 1. The van der Waals surface area contributed by atoms with Gasteiger partial charge in [0.05, 0.1) is 5.25 Å². The van der Waals surface area contributed by atoms with Crippen molar-refractivity contribution in [2.24, 2.45) is 0 Å². The number of benzene rings is 1. The number of amides is 1. The number of thioether (sulfide) groups is 1. The zero-order valence-corrected chi connectivity index (χ0v) is 14.2. The first kappa shape index (κ1) is 16.5. The number of carbonyl (C=O) groups is 1. The number of nitrogens with zero attached hydrogens (tertiary/aromatic N) is 2. The summed E-state index contributed by atoms with van der Waals surface area (Å²) in [5.74, 6) is 0.00992. The minimum absolute atomic E-state index is 0.00992. The van der Waals surface area contributed by atoms with Gasteiger partial charge in [0.1, 0.15) is 11.4 Å². The number of nitrogens with one attached hydrogen (secondary N) is 1. The van der Waals surface area contributed by atoms with Gasteiger partial charge < -0.3 is 5.32 Å². The van der Waals surface area contributed by atoms with E-state index in [4.69, 9.17) is 0 Å². The van der Waals surface area contributed by atoms with Crippen LogP contribution < -0.4 is 5.32 Å². The van der Waals surface area contributed by atoms with Crippen molar-refractivity contribution < 1.29 is 4.79 Å². The summed E-state index contributed by atoms with van der Waals surface area (Å²) in [6.45, 7) is 7.97. The number of hydrogen-bond donors (Lipinski definition) is 1. The van der Waals surface area contributed by atoms with Crippen LogP contribution in [0.3, 0.4) is 0 Å². The molecule has 5 heteroatoms. The van der Waals surface area contributed by atoms with Crippen LogP contribution in [0.25, 0.3) is 0 Å². The van der Waals surface area contributed by atoms with Gasteiger partial charge in [0.2, 0.25) is 5.91 Å². The molecule has 0 fully saturated rings. The lowest BCUT2D eigenvalue weighted by Crippen LogP contribution is -2.25. The van der Waals surface area contributed by atoms with Gasteiger partial charge in [-0.3, -0.25) is 4.79 Å². The Hall–Kier alpha value is -1.88. The van der Waals surface area contributed by atoms with Gasteiger partial charge in [0, 0.05) is 11.4 Å². The average molecular weight is 315 g/mol. The second kappa shape index (κ2) is 7.40. The minimum atomic E-state index is -0.171. The molecule has 0 aliphatic heterocycles. The standard InChI is InChI=1S/C17H21N3OS/c1-5-15(22-16-9-13(4)18-10-19-16)17(21)20-14-7-6-11(2)8-12(14)3/h6-10,15H,5H2,1-4H3,(H,20,21). The molecule has 1 aromatic heterocycles. The van der Waals surface area contributed by atoms with Gasteiger partial charge >= 0.3 is 0 Å². The van der Waals surface area contributed by atoms with Crippen molar-refractivity contribution in [1.82, 2.24) is 9.97 Å². The van der Waals surface area contributed by atoms with E-state index in [9.17, 15) is 4.79 Å². The molecule has 1 aromatic carbocycles. The molecular formula is C17H21N3OS. The molecule has 0 spiro atoms. The predicted octanol–water partition coefficient (Wildman–Crippen LogP) is 3.91. The van der Waals surface area contributed by atoms with Crippen molar-refractivity contribution in [2.45, 2.75) is 44.4 Å². The van der Waals surface area contributed by atoms with Crippen LogP contribution in [-0.2, 0) is 4.79 Å². The molecule has 0 aliphatic carbocycles. The van der Waals surface area contributed by atoms with Crippen LogP contribution in [0.5, 0.6) is 0 Å². The van der Waals surface area contributed by atoms with E-state index >= 15 is 0 Å². The van der Waals surface area contributed by atoms with E-state index < -0.39 is 0 Å². The number of rotatable bonds is 5. The van der Waals surface area contributed by atoms with Crippen LogP contribution in [0, 0.1) is 20.8 Å². The molecule has 1 amide bonds. The molecule has 0 saturated heterocycles. The smallest absolute Gasteiger partial charge is 0.237 e. The van der Waals surface area contributed by atoms with Crippen LogP contribution in [0.15, 0.2) is 35.6 Å². The Balaban J connectivity index is 2.08. The summed E-state index contributed by atoms with van der Waals surface area (Å²) in [6, 6.07) is 7.93. The second-order valence-electron chi connectivity index (χ2n) is 5.32. The highest BCUT2D eigenvalue weighted by Gasteiger charge is 2.19. The fraction of sp³-hybridized carbons (Fsp3) is 0.353. The summed E-state index contributed by atoms with van der Waals surface area (Å²) in [4.78, 5) is 20.8. The summed E-state index contributed by atoms with van der Waals surface area (Å²) in [7, 11) is 0. The van der Waals surface area contributed by atoms with Crippen molar-refractivity contribution in [3.05, 3.63) is 47.4 Å². The van der Waals surface area contributed by atoms with Crippen molar-refractivity contribution in [3.63, 3.8) is 0 Å². The summed E-state index contributed by atoms with van der Waals surface area (Å²) in [5.41, 5.74) is 4.04. The third-order valence-corrected chi connectivity index (χ3v) is 4.64. The molecule has 1 atom stereocenters. The molecule has 1 N–H and O–H groups in total. The molecular weight excluding hydrogens is 294 g/mol. The lowest BCUT2D eigenvalue weighted by Gasteiger charge is -2.15. The molecule has 4 nitrogen and oxygen atoms in total. The van der Waals surface area contributed by atoms with Gasteiger partial charge in [-0.1, -0.05) is 36.4 Å². The van der Waals surface area contributed by atoms with Crippen LogP contribution >= 0.6 is 11.8 Å². The average Bonchev–Trinajstić information content (AvgIpc) is 2.47. The van der Waals surface area contributed by atoms with Gasteiger partial charge in [-0.05, 0) is 44.9 Å². The topological polar surface area (TPSA) is 54.9 Å². The number of anilines is 1. The fourth-order valence-electron chi connectivity index (χ4n) is 2.13. The van der Waals surface area contributed by atoms with Gasteiger partial charge in [-0.2, -0.15) is 0 Å². The van der Waals surface area contributed by atoms with Gasteiger partial charge in [-0.25, -0.2) is 9.97 Å². The Labute approximate surface area is 135 Å². The lowest BCUT2D eigenvalue weighted by molar-refractivity contribution is -0.115. The van der Waals surface area contributed by atoms with Gasteiger partial charge in [0.15, 0.2) is 0 Å². The highest BCUT2D eigenvalue weighted by Crippen LogP contribution is 2.25. The van der Waals surface area contributed by atoms with E-state index in [1.54, 1.807) is 0 Å². The quantitative estimate of drug-likeness (QED) is 0.671. The molecule has 2 aromatic rings. The van der Waals surface area contributed by atoms with Crippen LogP contribution in [0.2, 0.25) is 0 Å². The molecule has 0 bridgehead atoms. The normalized spacial score (nSPS) is 12.0. The first-order valence-electron chi connectivity index (χ1n) is 7.33. The maximum absolute atomic E-state index is 12.5.